The van der Waals surface area contributed by atoms with Gasteiger partial charge in [0.1, 0.15) is 6.61 Å². The van der Waals surface area contributed by atoms with Crippen LogP contribution < -0.4 is 0 Å². The Hall–Kier alpha value is -0.570. The molecule has 1 aliphatic heterocycles. The van der Waals surface area contributed by atoms with Crippen LogP contribution in [0.2, 0.25) is 0 Å². The van der Waals surface area contributed by atoms with Crippen molar-refractivity contribution < 1.29 is 9.53 Å². The largest absolute Gasteiger partial charge is 0.370 e. The highest BCUT2D eigenvalue weighted by Gasteiger charge is 2.24. The van der Waals surface area contributed by atoms with E-state index >= 15 is 0 Å². The first-order valence-corrected chi connectivity index (χ1v) is 4.50. The maximum absolute atomic E-state index is 11.3. The van der Waals surface area contributed by atoms with E-state index < -0.39 is 0 Å². The number of hydrogen-bond donors (Lipinski definition) is 0. The quantitative estimate of drug-likeness (QED) is 0.617. The van der Waals surface area contributed by atoms with Crippen LogP contribution in [-0.2, 0) is 9.53 Å². The molecule has 1 fully saturated rings. The number of carbonyl (C=O) groups is 1. The summed E-state index contributed by atoms with van der Waals surface area (Å²) in [6.07, 6.45) is 0. The van der Waals surface area contributed by atoms with Crippen LogP contribution in [0.25, 0.3) is 0 Å². The van der Waals surface area contributed by atoms with Gasteiger partial charge in [0, 0.05) is 12.6 Å². The van der Waals surface area contributed by atoms with Crippen molar-refractivity contribution >= 4 is 5.91 Å². The summed E-state index contributed by atoms with van der Waals surface area (Å²) in [6.45, 7) is 8.05. The molecule has 0 saturated carbocycles. The van der Waals surface area contributed by atoms with Gasteiger partial charge in [-0.3, -0.25) is 4.79 Å². The summed E-state index contributed by atoms with van der Waals surface area (Å²) >= 11 is 0. The Labute approximate surface area is 73.7 Å². The fourth-order valence-electron chi connectivity index (χ4n) is 1.32. The number of amides is 1. The normalized spacial score (nSPS) is 21.7. The summed E-state index contributed by atoms with van der Waals surface area (Å²) in [5.41, 5.74) is 0. The average Bonchev–Trinajstić information content (AvgIpc) is 2.04. The zero-order chi connectivity index (χ0) is 9.14. The number of hydrogen-bond acceptors (Lipinski definition) is 2. The van der Waals surface area contributed by atoms with Crippen molar-refractivity contribution in [3.8, 4) is 0 Å². The molecule has 12 heavy (non-hydrogen) atoms. The van der Waals surface area contributed by atoms with Crippen molar-refractivity contribution in [3.63, 3.8) is 0 Å². The smallest absolute Gasteiger partial charge is 0.248 e. The highest BCUT2D eigenvalue weighted by molar-refractivity contribution is 5.78. The van der Waals surface area contributed by atoms with Crippen molar-refractivity contribution in [2.45, 2.75) is 26.8 Å². The molecule has 3 heteroatoms. The lowest BCUT2D eigenvalue weighted by Crippen LogP contribution is -2.48. The fraction of sp³-hybridized carbons (Fsp3) is 0.889. The number of rotatable bonds is 2. The van der Waals surface area contributed by atoms with Gasteiger partial charge in [-0.05, 0) is 12.8 Å². The first kappa shape index (κ1) is 9.52. The third kappa shape index (κ3) is 1.97. The minimum absolute atomic E-state index is 0.127. The minimum atomic E-state index is 0.127. The predicted molar refractivity (Wildman–Crippen MR) is 46.8 cm³/mol. The van der Waals surface area contributed by atoms with Crippen molar-refractivity contribution in [1.82, 2.24) is 4.90 Å². The van der Waals surface area contributed by atoms with Crippen LogP contribution in [0.15, 0.2) is 0 Å². The molecule has 1 atom stereocenters. The van der Waals surface area contributed by atoms with Crippen molar-refractivity contribution in [3.05, 3.63) is 0 Å². The van der Waals surface area contributed by atoms with E-state index in [1.165, 1.54) is 0 Å². The molecule has 0 bridgehead atoms. The van der Waals surface area contributed by atoms with Gasteiger partial charge in [-0.15, -0.1) is 0 Å². The summed E-state index contributed by atoms with van der Waals surface area (Å²) in [6, 6.07) is 0.335. The van der Waals surface area contributed by atoms with E-state index in [9.17, 15) is 4.79 Å². The maximum Gasteiger partial charge on any atom is 0.248 e. The molecule has 1 saturated heterocycles. The monoisotopic (exact) mass is 171 g/mol. The summed E-state index contributed by atoms with van der Waals surface area (Å²) in [4.78, 5) is 13.3. The van der Waals surface area contributed by atoms with Crippen LogP contribution >= 0.6 is 0 Å². The summed E-state index contributed by atoms with van der Waals surface area (Å²) in [5, 5.41) is 0. The van der Waals surface area contributed by atoms with Crippen molar-refractivity contribution in [1.29, 1.82) is 0 Å². The van der Waals surface area contributed by atoms with Crippen LogP contribution in [0.4, 0.5) is 0 Å². The van der Waals surface area contributed by atoms with Gasteiger partial charge in [0.05, 0.1) is 6.61 Å². The predicted octanol–water partition coefficient (Wildman–Crippen LogP) is 0.890. The molecule has 1 heterocycles. The zero-order valence-corrected chi connectivity index (χ0v) is 8.04. The van der Waals surface area contributed by atoms with Gasteiger partial charge < -0.3 is 9.64 Å². The van der Waals surface area contributed by atoms with E-state index in [1.807, 2.05) is 4.90 Å². The molecule has 0 spiro atoms. The van der Waals surface area contributed by atoms with E-state index in [4.69, 9.17) is 4.74 Å². The molecule has 0 N–H and O–H groups in total. The Morgan fingerprint density at radius 2 is 2.08 bits per heavy atom. The zero-order valence-electron chi connectivity index (χ0n) is 8.04. The van der Waals surface area contributed by atoms with Gasteiger partial charge in [0.15, 0.2) is 0 Å². The molecular formula is C9H17NO2. The number of carbonyl (C=O) groups excluding carboxylic acids is 1. The van der Waals surface area contributed by atoms with E-state index in [1.54, 1.807) is 0 Å². The minimum Gasteiger partial charge on any atom is -0.370 e. The van der Waals surface area contributed by atoms with E-state index in [-0.39, 0.29) is 12.5 Å². The standard InChI is InChI=1S/C9H17NO2/c1-7(2)8(3)10-4-5-12-6-9(10)11/h7-8H,4-6H2,1-3H3/t8-/m1/s1. The molecule has 0 aromatic heterocycles. The molecule has 0 aromatic carbocycles. The van der Waals surface area contributed by atoms with Crippen LogP contribution in [0.3, 0.4) is 0 Å². The molecule has 3 nitrogen and oxygen atoms in total. The third-order valence-electron chi connectivity index (χ3n) is 2.48. The van der Waals surface area contributed by atoms with Gasteiger partial charge >= 0.3 is 0 Å². The second kappa shape index (κ2) is 3.90. The van der Waals surface area contributed by atoms with E-state index in [2.05, 4.69) is 20.8 Å². The summed E-state index contributed by atoms with van der Waals surface area (Å²) in [5.74, 6) is 0.648. The van der Waals surface area contributed by atoms with Crippen LogP contribution in [0.1, 0.15) is 20.8 Å². The Morgan fingerprint density at radius 3 is 2.58 bits per heavy atom. The molecule has 0 unspecified atom stereocenters. The molecule has 0 radical (unpaired) electrons. The second-order valence-electron chi connectivity index (χ2n) is 3.62. The SMILES string of the molecule is CC(C)[C@@H](C)N1CCOCC1=O. The van der Waals surface area contributed by atoms with Crippen LogP contribution in [0.5, 0.6) is 0 Å². The van der Waals surface area contributed by atoms with Crippen LogP contribution in [0, 0.1) is 5.92 Å². The first-order valence-electron chi connectivity index (χ1n) is 4.50. The topological polar surface area (TPSA) is 29.5 Å². The Balaban J connectivity index is 2.53. The van der Waals surface area contributed by atoms with Crippen LogP contribution in [-0.4, -0.2) is 36.6 Å². The molecule has 1 aliphatic rings. The van der Waals surface area contributed by atoms with E-state index in [0.29, 0.717) is 18.6 Å². The fourth-order valence-corrected chi connectivity index (χ4v) is 1.32. The highest BCUT2D eigenvalue weighted by atomic mass is 16.5. The van der Waals surface area contributed by atoms with Gasteiger partial charge in [-0.25, -0.2) is 0 Å². The Morgan fingerprint density at radius 1 is 1.42 bits per heavy atom. The van der Waals surface area contributed by atoms with Gasteiger partial charge in [-0.2, -0.15) is 0 Å². The lowest BCUT2D eigenvalue weighted by Gasteiger charge is -2.34. The molecule has 0 aromatic rings. The lowest BCUT2D eigenvalue weighted by atomic mass is 10.0. The number of nitrogens with zero attached hydrogens (tertiary/aromatic N) is 1. The summed E-state index contributed by atoms with van der Waals surface area (Å²) < 4.78 is 5.05. The Kier molecular flexibility index (Phi) is 3.09. The highest BCUT2D eigenvalue weighted by Crippen LogP contribution is 2.12. The lowest BCUT2D eigenvalue weighted by molar-refractivity contribution is -0.146. The average molecular weight is 171 g/mol. The molecular weight excluding hydrogens is 154 g/mol. The third-order valence-corrected chi connectivity index (χ3v) is 2.48. The molecule has 1 rings (SSSR count). The van der Waals surface area contributed by atoms with Gasteiger partial charge in [-0.1, -0.05) is 13.8 Å². The molecule has 70 valence electrons. The second-order valence-corrected chi connectivity index (χ2v) is 3.62. The van der Waals surface area contributed by atoms with E-state index in [0.717, 1.165) is 6.54 Å². The van der Waals surface area contributed by atoms with Gasteiger partial charge in [0.25, 0.3) is 0 Å². The number of morpholine rings is 1. The molecule has 0 aliphatic carbocycles. The first-order chi connectivity index (χ1) is 5.63. The summed E-state index contributed by atoms with van der Waals surface area (Å²) in [7, 11) is 0. The van der Waals surface area contributed by atoms with Crippen molar-refractivity contribution in [2.75, 3.05) is 19.8 Å². The Bertz CT molecular complexity index is 168. The van der Waals surface area contributed by atoms with Crippen molar-refractivity contribution in [2.24, 2.45) is 5.92 Å². The van der Waals surface area contributed by atoms with Gasteiger partial charge in [0.2, 0.25) is 5.91 Å². The molecule has 1 amide bonds. The number of ether oxygens (including phenoxy) is 1. The maximum atomic E-state index is 11.3.